The number of carbonyl (C=O) groups excluding carboxylic acids is 1. The maximum Gasteiger partial charge on any atom is 0.346 e. The van der Waals surface area contributed by atoms with Gasteiger partial charge >= 0.3 is 5.97 Å². The van der Waals surface area contributed by atoms with Crippen molar-refractivity contribution in [2.24, 2.45) is 0 Å². The van der Waals surface area contributed by atoms with Crippen LogP contribution in [-0.2, 0) is 4.74 Å². The number of benzene rings is 1. The molecule has 1 aromatic carbocycles. The third-order valence-electron chi connectivity index (χ3n) is 3.82. The fourth-order valence-corrected chi connectivity index (χ4v) is 3.64. The van der Waals surface area contributed by atoms with Crippen molar-refractivity contribution in [2.75, 3.05) is 24.8 Å². The Morgan fingerprint density at radius 1 is 1.36 bits per heavy atom. The summed E-state index contributed by atoms with van der Waals surface area (Å²) in [6.07, 6.45) is -1.49. The minimum atomic E-state index is -1.49. The van der Waals surface area contributed by atoms with Crippen LogP contribution in [-0.4, -0.2) is 48.0 Å². The van der Waals surface area contributed by atoms with Gasteiger partial charge in [-0.25, -0.2) is 14.2 Å². The number of alkyl halides is 1. The second-order valence-corrected chi connectivity index (χ2v) is 6.59. The Morgan fingerprint density at radius 3 is 2.68 bits per heavy atom. The second-order valence-electron chi connectivity index (χ2n) is 5.56. The summed E-state index contributed by atoms with van der Waals surface area (Å²) in [7, 11) is 0. The summed E-state index contributed by atoms with van der Waals surface area (Å²) in [5.74, 6) is -1.48. The lowest BCUT2D eigenvalue weighted by atomic mass is 10.2. The summed E-state index contributed by atoms with van der Waals surface area (Å²) >= 11 is 0.951. The van der Waals surface area contributed by atoms with Gasteiger partial charge in [0.25, 0.3) is 5.91 Å². The number of rotatable bonds is 4. The molecule has 1 aliphatic rings. The predicted octanol–water partition coefficient (Wildman–Crippen LogP) is 2.94. The van der Waals surface area contributed by atoms with Crippen LogP contribution in [0.15, 0.2) is 36.4 Å². The van der Waals surface area contributed by atoms with E-state index in [9.17, 15) is 19.1 Å². The van der Waals surface area contributed by atoms with Crippen molar-refractivity contribution in [1.29, 1.82) is 0 Å². The standard InChI is InChI=1S/C17H17FN2O4S/c1-11-9-14(25-15(11)17(22)23)20(19-7-8-24-10-13(19)18)16(21)12-5-3-2-4-6-12/h2-6,9,13H,7-8,10H2,1H3,(H,22,23). The maximum atomic E-state index is 14.4. The number of carbonyl (C=O) groups is 2. The van der Waals surface area contributed by atoms with Crippen molar-refractivity contribution in [3.05, 3.63) is 52.4 Å². The molecule has 0 aliphatic carbocycles. The molecule has 1 unspecified atom stereocenters. The number of hydrazine groups is 1. The highest BCUT2D eigenvalue weighted by Crippen LogP contribution is 2.33. The summed E-state index contributed by atoms with van der Waals surface area (Å²) in [6, 6.07) is 10.1. The van der Waals surface area contributed by atoms with Gasteiger partial charge in [-0.05, 0) is 30.7 Å². The number of hydrogen-bond donors (Lipinski definition) is 1. The molecule has 3 rings (SSSR count). The zero-order valence-electron chi connectivity index (χ0n) is 13.5. The summed E-state index contributed by atoms with van der Waals surface area (Å²) in [6.45, 7) is 1.99. The van der Waals surface area contributed by atoms with E-state index in [1.807, 2.05) is 0 Å². The van der Waals surface area contributed by atoms with Crippen molar-refractivity contribution < 1.29 is 23.8 Å². The molecule has 1 fully saturated rings. The zero-order valence-corrected chi connectivity index (χ0v) is 14.3. The van der Waals surface area contributed by atoms with Crippen LogP contribution in [0.1, 0.15) is 25.6 Å². The molecule has 2 heterocycles. The number of carboxylic acid groups (broad SMARTS) is 1. The van der Waals surface area contributed by atoms with E-state index in [1.54, 1.807) is 43.3 Å². The molecule has 1 amide bonds. The molecule has 0 saturated carbocycles. The van der Waals surface area contributed by atoms with E-state index in [0.717, 1.165) is 11.3 Å². The van der Waals surface area contributed by atoms with Gasteiger partial charge in [-0.1, -0.05) is 18.2 Å². The molecular weight excluding hydrogens is 347 g/mol. The molecule has 0 radical (unpaired) electrons. The number of thiophene rings is 1. The predicted molar refractivity (Wildman–Crippen MR) is 91.7 cm³/mol. The van der Waals surface area contributed by atoms with Gasteiger partial charge in [0.15, 0.2) is 6.30 Å². The van der Waals surface area contributed by atoms with Gasteiger partial charge in [-0.15, -0.1) is 11.3 Å². The van der Waals surface area contributed by atoms with Crippen LogP contribution in [0, 0.1) is 6.92 Å². The van der Waals surface area contributed by atoms with Crippen molar-refractivity contribution >= 4 is 28.2 Å². The second kappa shape index (κ2) is 7.30. The van der Waals surface area contributed by atoms with Gasteiger partial charge in [0, 0.05) is 12.1 Å². The van der Waals surface area contributed by atoms with E-state index in [2.05, 4.69) is 0 Å². The molecule has 1 N–H and O–H groups in total. The average Bonchev–Trinajstić information content (AvgIpc) is 2.99. The van der Waals surface area contributed by atoms with Crippen LogP contribution < -0.4 is 5.01 Å². The fourth-order valence-electron chi connectivity index (χ4n) is 2.62. The van der Waals surface area contributed by atoms with Crippen LogP contribution in [0.4, 0.5) is 9.39 Å². The first-order valence-electron chi connectivity index (χ1n) is 7.70. The van der Waals surface area contributed by atoms with Gasteiger partial charge in [0.2, 0.25) is 0 Å². The lowest BCUT2D eigenvalue weighted by Crippen LogP contribution is -2.55. The number of morpholine rings is 1. The third kappa shape index (κ3) is 3.55. The monoisotopic (exact) mass is 364 g/mol. The van der Waals surface area contributed by atoms with Crippen molar-refractivity contribution in [3.8, 4) is 0 Å². The van der Waals surface area contributed by atoms with Crippen LogP contribution in [0.3, 0.4) is 0 Å². The Kier molecular flexibility index (Phi) is 5.12. The van der Waals surface area contributed by atoms with Crippen LogP contribution >= 0.6 is 11.3 Å². The third-order valence-corrected chi connectivity index (χ3v) is 5.02. The van der Waals surface area contributed by atoms with Gasteiger partial charge in [-0.3, -0.25) is 4.79 Å². The van der Waals surface area contributed by atoms with E-state index >= 15 is 0 Å². The Balaban J connectivity index is 2.04. The maximum absolute atomic E-state index is 14.4. The number of aromatic carboxylic acids is 1. The Hall–Kier alpha value is -2.29. The normalized spacial score (nSPS) is 18.1. The topological polar surface area (TPSA) is 70.1 Å². The molecule has 0 bridgehead atoms. The molecule has 0 spiro atoms. The smallest absolute Gasteiger partial charge is 0.346 e. The van der Waals surface area contributed by atoms with E-state index in [4.69, 9.17) is 4.74 Å². The van der Waals surface area contributed by atoms with Gasteiger partial charge in [-0.2, -0.15) is 5.01 Å². The minimum Gasteiger partial charge on any atom is -0.477 e. The molecule has 1 aliphatic heterocycles. The summed E-state index contributed by atoms with van der Waals surface area (Å²) in [4.78, 5) is 24.5. The Morgan fingerprint density at radius 2 is 2.08 bits per heavy atom. The number of hydrogen-bond acceptors (Lipinski definition) is 5. The van der Waals surface area contributed by atoms with Gasteiger partial charge in [0.05, 0.1) is 13.2 Å². The number of anilines is 1. The van der Waals surface area contributed by atoms with E-state index in [1.165, 1.54) is 10.0 Å². The summed E-state index contributed by atoms with van der Waals surface area (Å²) < 4.78 is 19.5. The van der Waals surface area contributed by atoms with Crippen molar-refractivity contribution in [1.82, 2.24) is 5.01 Å². The van der Waals surface area contributed by atoms with E-state index in [-0.39, 0.29) is 24.6 Å². The number of carboxylic acids is 1. The molecule has 1 aromatic heterocycles. The van der Waals surface area contributed by atoms with E-state index in [0.29, 0.717) is 16.1 Å². The first-order valence-corrected chi connectivity index (χ1v) is 8.52. The molecule has 1 saturated heterocycles. The molecule has 6 nitrogen and oxygen atoms in total. The Labute approximate surface area is 148 Å². The molecular formula is C17H17FN2O4S. The molecule has 8 heteroatoms. The fraction of sp³-hybridized carbons (Fsp3) is 0.294. The highest BCUT2D eigenvalue weighted by atomic mass is 32.1. The SMILES string of the molecule is Cc1cc(N(C(=O)c2ccccc2)N2CCOCC2F)sc1C(=O)O. The largest absolute Gasteiger partial charge is 0.477 e. The lowest BCUT2D eigenvalue weighted by molar-refractivity contribution is -0.0647. The number of halogens is 1. The number of nitrogens with zero attached hydrogens (tertiary/aromatic N) is 2. The highest BCUT2D eigenvalue weighted by molar-refractivity contribution is 7.18. The summed E-state index contributed by atoms with van der Waals surface area (Å²) in [5, 5.41) is 12.2. The van der Waals surface area contributed by atoms with Crippen molar-refractivity contribution in [3.63, 3.8) is 0 Å². The van der Waals surface area contributed by atoms with Crippen molar-refractivity contribution in [2.45, 2.75) is 13.2 Å². The number of ether oxygens (including phenoxy) is 1. The molecule has 25 heavy (non-hydrogen) atoms. The van der Waals surface area contributed by atoms with E-state index < -0.39 is 18.2 Å². The summed E-state index contributed by atoms with van der Waals surface area (Å²) in [5.41, 5.74) is 0.922. The number of amides is 1. The van der Waals surface area contributed by atoms with Crippen LogP contribution in [0.25, 0.3) is 0 Å². The average molecular weight is 364 g/mol. The molecule has 1 atom stereocenters. The Bertz CT molecular complexity index is 780. The molecule has 2 aromatic rings. The zero-order chi connectivity index (χ0) is 18.0. The number of aryl methyl sites for hydroxylation is 1. The first kappa shape index (κ1) is 17.5. The van der Waals surface area contributed by atoms with Gasteiger partial charge < -0.3 is 9.84 Å². The quantitative estimate of drug-likeness (QED) is 0.845. The van der Waals surface area contributed by atoms with Crippen LogP contribution in [0.2, 0.25) is 0 Å². The minimum absolute atomic E-state index is 0.129. The highest BCUT2D eigenvalue weighted by Gasteiger charge is 2.34. The van der Waals surface area contributed by atoms with Crippen LogP contribution in [0.5, 0.6) is 0 Å². The first-order chi connectivity index (χ1) is 12.0. The molecule has 132 valence electrons. The van der Waals surface area contributed by atoms with Gasteiger partial charge in [0.1, 0.15) is 9.88 Å². The lowest BCUT2D eigenvalue weighted by Gasteiger charge is -2.38.